The van der Waals surface area contributed by atoms with E-state index in [0.29, 0.717) is 24.2 Å². The van der Waals surface area contributed by atoms with Crippen molar-refractivity contribution in [1.82, 2.24) is 0 Å². The molecule has 0 amide bonds. The van der Waals surface area contributed by atoms with E-state index in [1.807, 2.05) is 0 Å². The van der Waals surface area contributed by atoms with Crippen LogP contribution in [-0.4, -0.2) is 30.6 Å². The van der Waals surface area contributed by atoms with E-state index in [2.05, 4.69) is 13.2 Å². The van der Waals surface area contributed by atoms with E-state index in [-0.39, 0.29) is 12.4 Å². The smallest absolute Gasteiger partial charge is 0.333 e. The number of hydrogen-bond acceptors (Lipinski definition) is 4. The second-order valence-electron chi connectivity index (χ2n) is 4.74. The molecule has 18 heavy (non-hydrogen) atoms. The number of carbonyl (C=O) groups excluding carboxylic acids is 2. The SMILES string of the molecule is C=C(C)C(=O)OCCCOC(C)(C)C(=O)C(=C)C. The quantitative estimate of drug-likeness (QED) is 0.379. The molecule has 0 saturated carbocycles. The number of rotatable bonds is 8. The van der Waals surface area contributed by atoms with Crippen LogP contribution in [0.1, 0.15) is 34.1 Å². The van der Waals surface area contributed by atoms with Gasteiger partial charge in [0.15, 0.2) is 5.78 Å². The minimum absolute atomic E-state index is 0.124. The Labute approximate surface area is 109 Å². The second kappa shape index (κ2) is 7.11. The van der Waals surface area contributed by atoms with E-state index in [1.54, 1.807) is 27.7 Å². The summed E-state index contributed by atoms with van der Waals surface area (Å²) in [5.74, 6) is -0.534. The van der Waals surface area contributed by atoms with Gasteiger partial charge in [-0.2, -0.15) is 0 Å². The van der Waals surface area contributed by atoms with Gasteiger partial charge in [0.05, 0.1) is 13.2 Å². The third-order valence-corrected chi connectivity index (χ3v) is 2.27. The van der Waals surface area contributed by atoms with Crippen LogP contribution in [0.2, 0.25) is 0 Å². The molecule has 102 valence electrons. The van der Waals surface area contributed by atoms with Crippen molar-refractivity contribution < 1.29 is 19.1 Å². The molecule has 0 aliphatic heterocycles. The van der Waals surface area contributed by atoms with Gasteiger partial charge in [-0.15, -0.1) is 0 Å². The van der Waals surface area contributed by atoms with Crippen molar-refractivity contribution in [2.24, 2.45) is 0 Å². The average molecular weight is 254 g/mol. The molecule has 0 bridgehead atoms. The van der Waals surface area contributed by atoms with E-state index in [0.717, 1.165) is 0 Å². The monoisotopic (exact) mass is 254 g/mol. The first-order valence-corrected chi connectivity index (χ1v) is 5.85. The minimum Gasteiger partial charge on any atom is -0.462 e. The molecule has 0 aromatic heterocycles. The summed E-state index contributed by atoms with van der Waals surface area (Å²) in [6.07, 6.45) is 0.534. The van der Waals surface area contributed by atoms with Gasteiger partial charge >= 0.3 is 5.97 Å². The van der Waals surface area contributed by atoms with Gasteiger partial charge in [0.25, 0.3) is 0 Å². The van der Waals surface area contributed by atoms with Crippen molar-refractivity contribution in [3.05, 3.63) is 24.3 Å². The van der Waals surface area contributed by atoms with E-state index in [9.17, 15) is 9.59 Å². The molecule has 0 saturated heterocycles. The molecule has 4 heteroatoms. The molecule has 0 radical (unpaired) electrons. The fourth-order valence-electron chi connectivity index (χ4n) is 1.25. The van der Waals surface area contributed by atoms with E-state index >= 15 is 0 Å². The van der Waals surface area contributed by atoms with Crippen LogP contribution in [0.4, 0.5) is 0 Å². The van der Waals surface area contributed by atoms with Gasteiger partial charge in [0.2, 0.25) is 0 Å². The highest BCUT2D eigenvalue weighted by atomic mass is 16.5. The lowest BCUT2D eigenvalue weighted by atomic mass is 9.98. The molecule has 0 spiro atoms. The number of esters is 1. The highest BCUT2D eigenvalue weighted by Crippen LogP contribution is 2.15. The maximum Gasteiger partial charge on any atom is 0.333 e. The second-order valence-corrected chi connectivity index (χ2v) is 4.74. The summed E-state index contributed by atoms with van der Waals surface area (Å²) in [7, 11) is 0. The number of hydrogen-bond donors (Lipinski definition) is 0. The summed E-state index contributed by atoms with van der Waals surface area (Å²) in [5.41, 5.74) is -0.0492. The standard InChI is InChI=1S/C14H22O4/c1-10(2)12(15)14(5,6)18-9-7-8-17-13(16)11(3)4/h1,3,7-9H2,2,4-6H3. The third kappa shape index (κ3) is 5.77. The maximum absolute atomic E-state index is 11.7. The van der Waals surface area contributed by atoms with Gasteiger partial charge in [-0.25, -0.2) is 4.79 Å². The van der Waals surface area contributed by atoms with Crippen LogP contribution in [-0.2, 0) is 19.1 Å². The lowest BCUT2D eigenvalue weighted by molar-refractivity contribution is -0.142. The van der Waals surface area contributed by atoms with E-state index in [4.69, 9.17) is 9.47 Å². The fourth-order valence-corrected chi connectivity index (χ4v) is 1.25. The molecule has 0 aromatic rings. The fraction of sp³-hybridized carbons (Fsp3) is 0.571. The van der Waals surface area contributed by atoms with Gasteiger partial charge in [-0.05, 0) is 33.3 Å². The van der Waals surface area contributed by atoms with Crippen LogP contribution >= 0.6 is 0 Å². The predicted octanol–water partition coefficient (Wildman–Crippen LogP) is 2.44. The average Bonchev–Trinajstić information content (AvgIpc) is 2.26. The summed E-state index contributed by atoms with van der Waals surface area (Å²) in [6, 6.07) is 0. The van der Waals surface area contributed by atoms with E-state index in [1.165, 1.54) is 0 Å². The van der Waals surface area contributed by atoms with Crippen molar-refractivity contribution in [2.75, 3.05) is 13.2 Å². The first kappa shape index (κ1) is 16.6. The van der Waals surface area contributed by atoms with Crippen LogP contribution in [0.5, 0.6) is 0 Å². The Kier molecular flexibility index (Phi) is 6.55. The molecular formula is C14H22O4. The highest BCUT2D eigenvalue weighted by molar-refractivity contribution is 6.00. The van der Waals surface area contributed by atoms with Crippen molar-refractivity contribution >= 4 is 11.8 Å². The molecule has 0 unspecified atom stereocenters. The molecule has 0 atom stereocenters. The minimum atomic E-state index is -0.885. The van der Waals surface area contributed by atoms with Gasteiger partial charge in [-0.1, -0.05) is 13.2 Å². The zero-order valence-corrected chi connectivity index (χ0v) is 11.7. The highest BCUT2D eigenvalue weighted by Gasteiger charge is 2.28. The first-order valence-electron chi connectivity index (χ1n) is 5.85. The van der Waals surface area contributed by atoms with E-state index < -0.39 is 11.6 Å². The van der Waals surface area contributed by atoms with Crippen molar-refractivity contribution in [1.29, 1.82) is 0 Å². The molecule has 0 aliphatic rings. The molecule has 0 fully saturated rings. The maximum atomic E-state index is 11.7. The molecule has 0 N–H and O–H groups in total. The zero-order chi connectivity index (χ0) is 14.3. The van der Waals surface area contributed by atoms with Crippen molar-refractivity contribution in [2.45, 2.75) is 39.7 Å². The Morgan fingerprint density at radius 2 is 1.61 bits per heavy atom. The molecule has 0 aromatic carbocycles. The molecule has 0 heterocycles. The van der Waals surface area contributed by atoms with Crippen LogP contribution in [0.25, 0.3) is 0 Å². The van der Waals surface area contributed by atoms with Crippen molar-refractivity contribution in [3.63, 3.8) is 0 Å². The number of carbonyl (C=O) groups is 2. The Morgan fingerprint density at radius 1 is 1.06 bits per heavy atom. The number of Topliss-reactive ketones (excluding diaryl/α,β-unsaturated/α-hetero) is 1. The lowest BCUT2D eigenvalue weighted by Gasteiger charge is -2.23. The summed E-state index contributed by atoms with van der Waals surface area (Å²) in [5, 5.41) is 0. The predicted molar refractivity (Wildman–Crippen MR) is 70.2 cm³/mol. The molecule has 4 nitrogen and oxygen atoms in total. The van der Waals surface area contributed by atoms with Crippen LogP contribution in [0.15, 0.2) is 24.3 Å². The largest absolute Gasteiger partial charge is 0.462 e. The Morgan fingerprint density at radius 3 is 2.06 bits per heavy atom. The van der Waals surface area contributed by atoms with Crippen molar-refractivity contribution in [3.8, 4) is 0 Å². The Hall–Kier alpha value is -1.42. The lowest BCUT2D eigenvalue weighted by Crippen LogP contribution is -2.36. The molecule has 0 rings (SSSR count). The summed E-state index contributed by atoms with van der Waals surface area (Å²) in [4.78, 5) is 22.8. The number of ketones is 1. The summed E-state index contributed by atoms with van der Waals surface area (Å²) in [6.45, 7) is 14.3. The van der Waals surface area contributed by atoms with Crippen LogP contribution in [0.3, 0.4) is 0 Å². The summed E-state index contributed by atoms with van der Waals surface area (Å²) >= 11 is 0. The summed E-state index contributed by atoms with van der Waals surface area (Å²) < 4.78 is 10.4. The molecule has 0 aliphatic carbocycles. The normalized spacial score (nSPS) is 10.9. The van der Waals surface area contributed by atoms with Crippen LogP contribution in [0, 0.1) is 0 Å². The Bertz CT molecular complexity index is 353. The van der Waals surface area contributed by atoms with Crippen LogP contribution < -0.4 is 0 Å². The third-order valence-electron chi connectivity index (χ3n) is 2.27. The van der Waals surface area contributed by atoms with Gasteiger partial charge in [-0.3, -0.25) is 4.79 Å². The van der Waals surface area contributed by atoms with Gasteiger partial charge in [0, 0.05) is 12.0 Å². The topological polar surface area (TPSA) is 52.6 Å². The zero-order valence-electron chi connectivity index (χ0n) is 11.7. The van der Waals surface area contributed by atoms with Gasteiger partial charge < -0.3 is 9.47 Å². The molecular weight excluding hydrogens is 232 g/mol. The number of ether oxygens (including phenoxy) is 2. The van der Waals surface area contributed by atoms with Gasteiger partial charge in [0.1, 0.15) is 5.60 Å². The Balaban J connectivity index is 3.91. The first-order chi connectivity index (χ1) is 8.18.